The summed E-state index contributed by atoms with van der Waals surface area (Å²) < 4.78 is 0. The summed E-state index contributed by atoms with van der Waals surface area (Å²) in [7, 11) is 3.89. The van der Waals surface area contributed by atoms with Crippen molar-refractivity contribution in [3.8, 4) is 0 Å². The van der Waals surface area contributed by atoms with E-state index in [1.54, 1.807) is 17.0 Å². The highest BCUT2D eigenvalue weighted by Crippen LogP contribution is 2.27. The van der Waals surface area contributed by atoms with Gasteiger partial charge in [-0.2, -0.15) is 0 Å². The number of anilines is 2. The first kappa shape index (κ1) is 16.1. The minimum absolute atomic E-state index is 0.00258. The van der Waals surface area contributed by atoms with Gasteiger partial charge in [-0.1, -0.05) is 18.2 Å². The molecule has 2 aromatic rings. The molecule has 0 bridgehead atoms. The molecule has 1 heterocycles. The number of hydrogen-bond donors (Lipinski definition) is 1. The molecule has 2 aromatic carbocycles. The molecule has 0 saturated heterocycles. The van der Waals surface area contributed by atoms with E-state index in [1.165, 1.54) is 5.56 Å². The standard InChI is InChI=1S/C19H21N3O2/c1-21(2)16-9-7-15(8-10-16)19(24)20-13-18(23)22-12-11-14-5-3-4-6-17(14)22/h3-10H,11-13H2,1-2H3,(H,20,24). The topological polar surface area (TPSA) is 52.7 Å². The molecule has 5 nitrogen and oxygen atoms in total. The lowest BCUT2D eigenvalue weighted by atomic mass is 10.2. The van der Waals surface area contributed by atoms with E-state index < -0.39 is 0 Å². The second-order valence-corrected chi connectivity index (χ2v) is 6.05. The average molecular weight is 323 g/mol. The molecule has 0 aliphatic carbocycles. The average Bonchev–Trinajstić information content (AvgIpc) is 3.03. The fourth-order valence-electron chi connectivity index (χ4n) is 2.86. The zero-order chi connectivity index (χ0) is 17.1. The number of para-hydroxylation sites is 1. The summed E-state index contributed by atoms with van der Waals surface area (Å²) in [5.74, 6) is -0.320. The number of amides is 2. The molecule has 24 heavy (non-hydrogen) atoms. The largest absolute Gasteiger partial charge is 0.378 e. The molecule has 1 aliphatic rings. The molecule has 5 heteroatoms. The van der Waals surface area contributed by atoms with Crippen LogP contribution in [0.15, 0.2) is 48.5 Å². The lowest BCUT2D eigenvalue weighted by molar-refractivity contribution is -0.117. The van der Waals surface area contributed by atoms with Crippen molar-refractivity contribution in [1.82, 2.24) is 5.32 Å². The molecule has 1 N–H and O–H groups in total. The predicted octanol–water partition coefficient (Wildman–Crippen LogP) is 2.07. The van der Waals surface area contributed by atoms with Crippen LogP contribution in [0.3, 0.4) is 0 Å². The van der Waals surface area contributed by atoms with Gasteiger partial charge in [-0.05, 0) is 42.3 Å². The summed E-state index contributed by atoms with van der Waals surface area (Å²) in [4.78, 5) is 28.3. The molecule has 124 valence electrons. The number of benzene rings is 2. The number of fused-ring (bicyclic) bond motifs is 1. The minimum Gasteiger partial charge on any atom is -0.378 e. The van der Waals surface area contributed by atoms with E-state index in [1.807, 2.05) is 55.4 Å². The van der Waals surface area contributed by atoms with Crippen LogP contribution in [0, 0.1) is 0 Å². The van der Waals surface area contributed by atoms with E-state index in [0.29, 0.717) is 12.1 Å². The monoisotopic (exact) mass is 323 g/mol. The number of carbonyl (C=O) groups is 2. The molecule has 0 aromatic heterocycles. The van der Waals surface area contributed by atoms with Crippen molar-refractivity contribution >= 4 is 23.2 Å². The zero-order valence-corrected chi connectivity index (χ0v) is 14.0. The molecule has 0 saturated carbocycles. The van der Waals surface area contributed by atoms with Crippen LogP contribution in [-0.2, 0) is 11.2 Å². The number of rotatable bonds is 4. The van der Waals surface area contributed by atoms with Crippen molar-refractivity contribution in [1.29, 1.82) is 0 Å². The van der Waals surface area contributed by atoms with E-state index in [2.05, 4.69) is 5.32 Å². The number of carbonyl (C=O) groups excluding carboxylic acids is 2. The van der Waals surface area contributed by atoms with E-state index >= 15 is 0 Å². The third-order valence-corrected chi connectivity index (χ3v) is 4.23. The van der Waals surface area contributed by atoms with E-state index in [4.69, 9.17) is 0 Å². The number of nitrogens with one attached hydrogen (secondary N) is 1. The maximum absolute atomic E-state index is 12.4. The lowest BCUT2D eigenvalue weighted by Gasteiger charge is -2.17. The van der Waals surface area contributed by atoms with Crippen LogP contribution in [0.2, 0.25) is 0 Å². The Morgan fingerprint density at radius 1 is 1.08 bits per heavy atom. The molecule has 1 aliphatic heterocycles. The van der Waals surface area contributed by atoms with Gasteiger partial charge in [0.05, 0.1) is 6.54 Å². The van der Waals surface area contributed by atoms with Crippen LogP contribution in [0.25, 0.3) is 0 Å². The Balaban J connectivity index is 1.59. The van der Waals surface area contributed by atoms with Crippen molar-refractivity contribution in [3.63, 3.8) is 0 Å². The molecule has 0 radical (unpaired) electrons. The SMILES string of the molecule is CN(C)c1ccc(C(=O)NCC(=O)N2CCc3ccccc32)cc1. The second-order valence-electron chi connectivity index (χ2n) is 6.05. The van der Waals surface area contributed by atoms with Gasteiger partial charge in [0, 0.05) is 37.6 Å². The van der Waals surface area contributed by atoms with Crippen LogP contribution in [-0.4, -0.2) is 39.0 Å². The highest BCUT2D eigenvalue weighted by Gasteiger charge is 2.24. The molecule has 0 unspecified atom stereocenters. The van der Waals surface area contributed by atoms with Crippen molar-refractivity contribution in [2.75, 3.05) is 37.0 Å². The summed E-state index contributed by atoms with van der Waals surface area (Å²) in [5, 5.41) is 2.71. The van der Waals surface area contributed by atoms with Crippen LogP contribution in [0.4, 0.5) is 11.4 Å². The van der Waals surface area contributed by atoms with Gasteiger partial charge in [0.15, 0.2) is 0 Å². The van der Waals surface area contributed by atoms with Crippen LogP contribution < -0.4 is 15.1 Å². The Morgan fingerprint density at radius 2 is 1.79 bits per heavy atom. The third-order valence-electron chi connectivity index (χ3n) is 4.23. The lowest BCUT2D eigenvalue weighted by Crippen LogP contribution is -2.39. The number of nitrogens with zero attached hydrogens (tertiary/aromatic N) is 2. The van der Waals surface area contributed by atoms with Crippen LogP contribution >= 0.6 is 0 Å². The van der Waals surface area contributed by atoms with Gasteiger partial charge in [0.1, 0.15) is 0 Å². The quantitative estimate of drug-likeness (QED) is 0.937. The van der Waals surface area contributed by atoms with Gasteiger partial charge in [-0.25, -0.2) is 0 Å². The Morgan fingerprint density at radius 3 is 2.50 bits per heavy atom. The van der Waals surface area contributed by atoms with Crippen molar-refractivity contribution in [2.24, 2.45) is 0 Å². The Labute approximate surface area is 141 Å². The Kier molecular flexibility index (Phi) is 4.51. The van der Waals surface area contributed by atoms with E-state index in [0.717, 1.165) is 17.8 Å². The Bertz CT molecular complexity index is 753. The first-order valence-electron chi connectivity index (χ1n) is 8.00. The van der Waals surface area contributed by atoms with Crippen LogP contribution in [0.1, 0.15) is 15.9 Å². The fraction of sp³-hybridized carbons (Fsp3) is 0.263. The van der Waals surface area contributed by atoms with Gasteiger partial charge in [-0.3, -0.25) is 9.59 Å². The fourth-order valence-corrected chi connectivity index (χ4v) is 2.86. The van der Waals surface area contributed by atoms with Gasteiger partial charge in [-0.15, -0.1) is 0 Å². The minimum atomic E-state index is -0.235. The van der Waals surface area contributed by atoms with Crippen molar-refractivity contribution in [2.45, 2.75) is 6.42 Å². The summed E-state index contributed by atoms with van der Waals surface area (Å²) >= 11 is 0. The Hall–Kier alpha value is -2.82. The molecule has 0 spiro atoms. The molecule has 2 amide bonds. The van der Waals surface area contributed by atoms with Gasteiger partial charge >= 0.3 is 0 Å². The maximum Gasteiger partial charge on any atom is 0.251 e. The molecule has 0 fully saturated rings. The zero-order valence-electron chi connectivity index (χ0n) is 14.0. The van der Waals surface area contributed by atoms with Gasteiger partial charge in [0.25, 0.3) is 5.91 Å². The van der Waals surface area contributed by atoms with Crippen LogP contribution in [0.5, 0.6) is 0 Å². The normalized spacial score (nSPS) is 12.7. The molecular formula is C19H21N3O2. The second kappa shape index (κ2) is 6.74. The first-order valence-corrected chi connectivity index (χ1v) is 8.00. The first-order chi connectivity index (χ1) is 11.6. The highest BCUT2D eigenvalue weighted by atomic mass is 16.2. The predicted molar refractivity (Wildman–Crippen MR) is 95.6 cm³/mol. The summed E-state index contributed by atoms with van der Waals surface area (Å²) in [5.41, 5.74) is 3.70. The van der Waals surface area contributed by atoms with Crippen molar-refractivity contribution in [3.05, 3.63) is 59.7 Å². The third kappa shape index (κ3) is 3.25. The number of hydrogen-bond acceptors (Lipinski definition) is 3. The smallest absolute Gasteiger partial charge is 0.251 e. The highest BCUT2D eigenvalue weighted by molar-refractivity contribution is 6.01. The molecule has 3 rings (SSSR count). The molecule has 0 atom stereocenters. The van der Waals surface area contributed by atoms with Gasteiger partial charge < -0.3 is 15.1 Å². The van der Waals surface area contributed by atoms with E-state index in [9.17, 15) is 9.59 Å². The van der Waals surface area contributed by atoms with E-state index in [-0.39, 0.29) is 18.4 Å². The summed E-state index contributed by atoms with van der Waals surface area (Å²) in [6.45, 7) is 0.675. The maximum atomic E-state index is 12.4. The van der Waals surface area contributed by atoms with Crippen molar-refractivity contribution < 1.29 is 9.59 Å². The van der Waals surface area contributed by atoms with Gasteiger partial charge in [0.2, 0.25) is 5.91 Å². The molecular weight excluding hydrogens is 302 g/mol. The summed E-state index contributed by atoms with van der Waals surface area (Å²) in [6, 6.07) is 15.2. The summed E-state index contributed by atoms with van der Waals surface area (Å²) in [6.07, 6.45) is 0.863.